The third-order valence-corrected chi connectivity index (χ3v) is 5.33. The molecule has 25 heavy (non-hydrogen) atoms. The highest BCUT2D eigenvalue weighted by atomic mass is 35.5. The number of amides is 1. The molecule has 2 aromatic rings. The number of aromatic nitrogens is 2. The summed E-state index contributed by atoms with van der Waals surface area (Å²) in [6.07, 6.45) is 2.10. The first kappa shape index (κ1) is 18.0. The lowest BCUT2D eigenvalue weighted by Gasteiger charge is -2.35. The molecule has 0 atom stereocenters. The van der Waals surface area contributed by atoms with Crippen LogP contribution in [0.1, 0.15) is 23.2 Å². The lowest BCUT2D eigenvalue weighted by Crippen LogP contribution is -2.48. The molecule has 1 fully saturated rings. The molecule has 2 heterocycles. The minimum absolute atomic E-state index is 0.196. The molecule has 3 rings (SSSR count). The van der Waals surface area contributed by atoms with E-state index in [9.17, 15) is 4.79 Å². The van der Waals surface area contributed by atoms with Crippen molar-refractivity contribution in [3.8, 4) is 0 Å². The monoisotopic (exact) mass is 360 g/mol. The Kier molecular flexibility index (Phi) is 5.76. The van der Waals surface area contributed by atoms with Crippen molar-refractivity contribution in [1.29, 1.82) is 0 Å². The van der Waals surface area contributed by atoms with Crippen molar-refractivity contribution in [3.05, 3.63) is 52.3 Å². The zero-order chi connectivity index (χ0) is 17.8. The normalized spacial score (nSPS) is 15.6. The maximum absolute atomic E-state index is 12.4. The standard InChI is InChI=1S/C19H25ClN4O/c1-15-5-3-4-6-17(15)14-22-9-11-23(12-10-22)19(25)7-8-24-16(2)18(20)13-21-24/h3-6,13H,7-12,14H2,1-2H3. The van der Waals surface area contributed by atoms with E-state index in [1.807, 2.05) is 11.8 Å². The molecular formula is C19H25ClN4O. The van der Waals surface area contributed by atoms with Crippen LogP contribution in [0.2, 0.25) is 5.02 Å². The zero-order valence-electron chi connectivity index (χ0n) is 14.9. The van der Waals surface area contributed by atoms with Crippen molar-refractivity contribution in [2.45, 2.75) is 33.4 Å². The van der Waals surface area contributed by atoms with Crippen LogP contribution in [-0.2, 0) is 17.9 Å². The summed E-state index contributed by atoms with van der Waals surface area (Å²) >= 11 is 6.00. The number of rotatable bonds is 5. The Morgan fingerprint density at radius 1 is 1.16 bits per heavy atom. The third-order valence-electron chi connectivity index (χ3n) is 4.96. The molecule has 6 heteroatoms. The molecule has 0 spiro atoms. The highest BCUT2D eigenvalue weighted by Gasteiger charge is 2.21. The second-order valence-corrected chi connectivity index (χ2v) is 7.04. The quantitative estimate of drug-likeness (QED) is 0.823. The van der Waals surface area contributed by atoms with Crippen molar-refractivity contribution < 1.29 is 4.79 Å². The predicted octanol–water partition coefficient (Wildman–Crippen LogP) is 2.89. The predicted molar refractivity (Wildman–Crippen MR) is 99.6 cm³/mol. The van der Waals surface area contributed by atoms with E-state index in [1.165, 1.54) is 11.1 Å². The fraction of sp³-hybridized carbons (Fsp3) is 0.474. The van der Waals surface area contributed by atoms with Crippen LogP contribution in [0.25, 0.3) is 0 Å². The topological polar surface area (TPSA) is 41.4 Å². The zero-order valence-corrected chi connectivity index (χ0v) is 15.7. The van der Waals surface area contributed by atoms with Gasteiger partial charge in [-0.3, -0.25) is 14.4 Å². The fourth-order valence-corrected chi connectivity index (χ4v) is 3.33. The van der Waals surface area contributed by atoms with Gasteiger partial charge in [0.05, 0.1) is 23.5 Å². The van der Waals surface area contributed by atoms with E-state index >= 15 is 0 Å². The molecule has 5 nitrogen and oxygen atoms in total. The number of aryl methyl sites for hydroxylation is 2. The molecule has 0 aliphatic carbocycles. The van der Waals surface area contributed by atoms with Crippen molar-refractivity contribution >= 4 is 17.5 Å². The number of halogens is 1. The molecule has 0 radical (unpaired) electrons. The van der Waals surface area contributed by atoms with E-state index in [2.05, 4.69) is 41.2 Å². The minimum Gasteiger partial charge on any atom is -0.340 e. The first-order chi connectivity index (χ1) is 12.0. The van der Waals surface area contributed by atoms with Gasteiger partial charge in [0.25, 0.3) is 0 Å². The van der Waals surface area contributed by atoms with E-state index in [0.717, 1.165) is 38.4 Å². The van der Waals surface area contributed by atoms with Gasteiger partial charge >= 0.3 is 0 Å². The number of nitrogens with zero attached hydrogens (tertiary/aromatic N) is 4. The van der Waals surface area contributed by atoms with Crippen molar-refractivity contribution in [2.75, 3.05) is 26.2 Å². The van der Waals surface area contributed by atoms with Gasteiger partial charge in [0, 0.05) is 39.1 Å². The molecule has 0 unspecified atom stereocenters. The molecule has 1 aliphatic rings. The summed E-state index contributed by atoms with van der Waals surface area (Å²) < 4.78 is 1.80. The molecule has 0 bridgehead atoms. The van der Waals surface area contributed by atoms with Crippen molar-refractivity contribution in [1.82, 2.24) is 19.6 Å². The molecule has 0 saturated carbocycles. The van der Waals surface area contributed by atoms with Gasteiger partial charge in [-0.1, -0.05) is 35.9 Å². The smallest absolute Gasteiger partial charge is 0.224 e. The fourth-order valence-electron chi connectivity index (χ4n) is 3.19. The Balaban J connectivity index is 1.46. The number of hydrogen-bond acceptors (Lipinski definition) is 3. The van der Waals surface area contributed by atoms with Gasteiger partial charge in [0.15, 0.2) is 0 Å². The van der Waals surface area contributed by atoms with Crippen LogP contribution in [0.3, 0.4) is 0 Å². The first-order valence-corrected chi connectivity index (χ1v) is 9.15. The van der Waals surface area contributed by atoms with E-state index < -0.39 is 0 Å². The molecule has 1 aliphatic heterocycles. The average Bonchev–Trinajstić information content (AvgIpc) is 2.94. The summed E-state index contributed by atoms with van der Waals surface area (Å²) in [5.41, 5.74) is 3.61. The van der Waals surface area contributed by atoms with Crippen LogP contribution < -0.4 is 0 Å². The molecule has 0 N–H and O–H groups in total. The Hall–Kier alpha value is -1.85. The molecular weight excluding hydrogens is 336 g/mol. The summed E-state index contributed by atoms with van der Waals surface area (Å²) in [5.74, 6) is 0.196. The lowest BCUT2D eigenvalue weighted by atomic mass is 10.1. The number of hydrogen-bond donors (Lipinski definition) is 0. The third kappa shape index (κ3) is 4.41. The van der Waals surface area contributed by atoms with Crippen molar-refractivity contribution in [3.63, 3.8) is 0 Å². The molecule has 1 saturated heterocycles. The van der Waals surface area contributed by atoms with Gasteiger partial charge in [0.2, 0.25) is 5.91 Å². The van der Waals surface area contributed by atoms with Gasteiger partial charge in [-0.25, -0.2) is 0 Å². The van der Waals surface area contributed by atoms with Crippen molar-refractivity contribution in [2.24, 2.45) is 0 Å². The minimum atomic E-state index is 0.196. The highest BCUT2D eigenvalue weighted by molar-refractivity contribution is 6.31. The average molecular weight is 361 g/mol. The Morgan fingerprint density at radius 3 is 2.52 bits per heavy atom. The number of carbonyl (C=O) groups is 1. The summed E-state index contributed by atoms with van der Waals surface area (Å²) in [4.78, 5) is 16.8. The highest BCUT2D eigenvalue weighted by Crippen LogP contribution is 2.15. The number of carbonyl (C=O) groups excluding carboxylic acids is 1. The summed E-state index contributed by atoms with van der Waals surface area (Å²) in [7, 11) is 0. The maximum atomic E-state index is 12.4. The van der Waals surface area contributed by atoms with E-state index in [0.29, 0.717) is 18.0 Å². The van der Waals surface area contributed by atoms with E-state index in [4.69, 9.17) is 11.6 Å². The van der Waals surface area contributed by atoms with E-state index in [-0.39, 0.29) is 5.91 Å². The maximum Gasteiger partial charge on any atom is 0.224 e. The summed E-state index contributed by atoms with van der Waals surface area (Å²) in [6.45, 7) is 9.05. The Labute approximate surface area is 154 Å². The number of piperazine rings is 1. The van der Waals surface area contributed by atoms with Crippen LogP contribution in [0, 0.1) is 13.8 Å². The number of benzene rings is 1. The largest absolute Gasteiger partial charge is 0.340 e. The summed E-state index contributed by atoms with van der Waals surface area (Å²) in [5, 5.41) is 4.86. The van der Waals surface area contributed by atoms with Gasteiger partial charge in [0.1, 0.15) is 0 Å². The first-order valence-electron chi connectivity index (χ1n) is 8.77. The van der Waals surface area contributed by atoms with Crippen LogP contribution in [0.4, 0.5) is 0 Å². The Bertz CT molecular complexity index is 735. The van der Waals surface area contributed by atoms with Crippen LogP contribution in [0.15, 0.2) is 30.5 Å². The second-order valence-electron chi connectivity index (χ2n) is 6.63. The second kappa shape index (κ2) is 8.02. The van der Waals surface area contributed by atoms with Gasteiger partial charge in [-0.15, -0.1) is 0 Å². The van der Waals surface area contributed by atoms with Crippen LogP contribution in [0.5, 0.6) is 0 Å². The molecule has 1 aromatic heterocycles. The van der Waals surface area contributed by atoms with Gasteiger partial charge < -0.3 is 4.90 Å². The Morgan fingerprint density at radius 2 is 1.88 bits per heavy atom. The van der Waals surface area contributed by atoms with Crippen LogP contribution in [-0.4, -0.2) is 51.7 Å². The molecule has 1 amide bonds. The van der Waals surface area contributed by atoms with Crippen LogP contribution >= 0.6 is 11.6 Å². The molecule has 134 valence electrons. The SMILES string of the molecule is Cc1ccccc1CN1CCN(C(=O)CCn2ncc(Cl)c2C)CC1. The van der Waals surface area contributed by atoms with Gasteiger partial charge in [-0.2, -0.15) is 5.10 Å². The van der Waals surface area contributed by atoms with Gasteiger partial charge in [-0.05, 0) is 25.0 Å². The lowest BCUT2D eigenvalue weighted by molar-refractivity contribution is -0.133. The summed E-state index contributed by atoms with van der Waals surface area (Å²) in [6, 6.07) is 8.50. The molecule has 1 aromatic carbocycles. The van der Waals surface area contributed by atoms with E-state index in [1.54, 1.807) is 10.9 Å².